The van der Waals surface area contributed by atoms with E-state index in [0.717, 1.165) is 5.56 Å². The van der Waals surface area contributed by atoms with Gasteiger partial charge in [-0.3, -0.25) is 9.59 Å². The van der Waals surface area contributed by atoms with E-state index in [1.807, 2.05) is 13.0 Å². The van der Waals surface area contributed by atoms with Gasteiger partial charge < -0.3 is 15.0 Å². The van der Waals surface area contributed by atoms with Gasteiger partial charge in [-0.15, -0.1) is 0 Å². The van der Waals surface area contributed by atoms with E-state index >= 15 is 0 Å². The number of halogens is 2. The Bertz CT molecular complexity index is 1090. The lowest BCUT2D eigenvalue weighted by Crippen LogP contribution is -2.35. The number of hydrogen-bond acceptors (Lipinski definition) is 5. The minimum absolute atomic E-state index is 0.0439. The first kappa shape index (κ1) is 21.4. The van der Waals surface area contributed by atoms with Crippen LogP contribution in [0.1, 0.15) is 15.9 Å². The number of anilines is 1. The van der Waals surface area contributed by atoms with E-state index < -0.39 is 17.6 Å². The number of benzene rings is 1. The number of nitrogens with one attached hydrogen (secondary N) is 1. The molecule has 1 N–H and O–H groups in total. The first-order chi connectivity index (χ1) is 14.3. The summed E-state index contributed by atoms with van der Waals surface area (Å²) < 4.78 is 19.4. The van der Waals surface area contributed by atoms with Gasteiger partial charge in [-0.2, -0.15) is 0 Å². The first-order valence-corrected chi connectivity index (χ1v) is 9.68. The lowest BCUT2D eigenvalue weighted by molar-refractivity contribution is -0.116. The molecule has 0 bridgehead atoms. The molecular formula is C21H18BrFN4O3. The van der Waals surface area contributed by atoms with Crippen molar-refractivity contribution in [2.75, 3.05) is 18.9 Å². The molecule has 0 aliphatic carbocycles. The zero-order valence-electron chi connectivity index (χ0n) is 16.2. The van der Waals surface area contributed by atoms with Crippen molar-refractivity contribution in [1.29, 1.82) is 0 Å². The fourth-order valence-corrected chi connectivity index (χ4v) is 3.01. The molecule has 0 aliphatic heterocycles. The van der Waals surface area contributed by atoms with E-state index in [4.69, 9.17) is 4.74 Å². The van der Waals surface area contributed by atoms with Crippen LogP contribution in [0, 0.1) is 12.7 Å². The average Bonchev–Trinajstić information content (AvgIpc) is 2.70. The normalized spacial score (nSPS) is 10.4. The van der Waals surface area contributed by atoms with Gasteiger partial charge in [0.25, 0.3) is 5.91 Å². The largest absolute Gasteiger partial charge is 0.437 e. The van der Waals surface area contributed by atoms with Gasteiger partial charge in [0.15, 0.2) is 0 Å². The molecule has 0 atom stereocenters. The maximum absolute atomic E-state index is 13.3. The monoisotopic (exact) mass is 472 g/mol. The standard InChI is InChI=1S/C21H18BrFN4O3/c1-13-7-9-24-18(10-13)26-19(28)12-27(2)21(29)15-4-3-8-25-20(15)30-17-6-5-14(23)11-16(17)22/h3-11H,12H2,1-2H3,(H,24,26,28). The van der Waals surface area contributed by atoms with Crippen LogP contribution in [0.15, 0.2) is 59.3 Å². The van der Waals surface area contributed by atoms with Crippen molar-refractivity contribution in [2.45, 2.75) is 6.92 Å². The molecule has 154 valence electrons. The van der Waals surface area contributed by atoms with Crippen molar-refractivity contribution in [3.63, 3.8) is 0 Å². The van der Waals surface area contributed by atoms with Crippen molar-refractivity contribution in [1.82, 2.24) is 14.9 Å². The zero-order chi connectivity index (χ0) is 21.7. The number of aryl methyl sites for hydroxylation is 1. The number of carbonyl (C=O) groups excluding carboxylic acids is 2. The van der Waals surface area contributed by atoms with Gasteiger partial charge in [0.05, 0.1) is 11.0 Å². The van der Waals surface area contributed by atoms with Crippen molar-refractivity contribution in [3.8, 4) is 11.6 Å². The van der Waals surface area contributed by atoms with Crippen LogP contribution in [0.2, 0.25) is 0 Å². The smallest absolute Gasteiger partial charge is 0.259 e. The Kier molecular flexibility index (Phi) is 6.73. The summed E-state index contributed by atoms with van der Waals surface area (Å²) in [7, 11) is 1.50. The molecule has 3 aromatic rings. The van der Waals surface area contributed by atoms with Crippen LogP contribution in [0.3, 0.4) is 0 Å². The Morgan fingerprint density at radius 1 is 1.17 bits per heavy atom. The quantitative estimate of drug-likeness (QED) is 0.581. The van der Waals surface area contributed by atoms with E-state index in [2.05, 4.69) is 31.2 Å². The Hall–Kier alpha value is -3.33. The van der Waals surface area contributed by atoms with Crippen LogP contribution < -0.4 is 10.1 Å². The van der Waals surface area contributed by atoms with Crippen LogP contribution in [-0.4, -0.2) is 40.3 Å². The molecular weight excluding hydrogens is 455 g/mol. The third-order valence-corrected chi connectivity index (χ3v) is 4.63. The Balaban J connectivity index is 1.72. The third kappa shape index (κ3) is 5.38. The topological polar surface area (TPSA) is 84.4 Å². The molecule has 7 nitrogen and oxygen atoms in total. The molecule has 2 aromatic heterocycles. The van der Waals surface area contributed by atoms with Gasteiger partial charge in [0.1, 0.15) is 22.9 Å². The predicted octanol–water partition coefficient (Wildman–Crippen LogP) is 4.19. The van der Waals surface area contributed by atoms with Crippen molar-refractivity contribution in [3.05, 3.63) is 76.3 Å². The van der Waals surface area contributed by atoms with Gasteiger partial charge in [0, 0.05) is 19.4 Å². The Morgan fingerprint density at radius 3 is 2.70 bits per heavy atom. The Morgan fingerprint density at radius 2 is 1.97 bits per heavy atom. The van der Waals surface area contributed by atoms with Gasteiger partial charge in [0.2, 0.25) is 11.8 Å². The summed E-state index contributed by atoms with van der Waals surface area (Å²) in [6.45, 7) is 1.69. The summed E-state index contributed by atoms with van der Waals surface area (Å²) in [5, 5.41) is 2.65. The van der Waals surface area contributed by atoms with Gasteiger partial charge in [-0.05, 0) is 70.9 Å². The van der Waals surface area contributed by atoms with Crippen molar-refractivity contribution >= 4 is 33.6 Å². The highest BCUT2D eigenvalue weighted by molar-refractivity contribution is 9.10. The van der Waals surface area contributed by atoms with Crippen LogP contribution >= 0.6 is 15.9 Å². The minimum atomic E-state index is -0.455. The second-order valence-electron chi connectivity index (χ2n) is 6.46. The molecule has 0 unspecified atom stereocenters. The molecule has 0 saturated carbocycles. The summed E-state index contributed by atoms with van der Waals surface area (Å²) >= 11 is 3.22. The van der Waals surface area contributed by atoms with Crippen LogP contribution in [-0.2, 0) is 4.79 Å². The number of rotatable bonds is 6. The van der Waals surface area contributed by atoms with Gasteiger partial charge >= 0.3 is 0 Å². The number of likely N-dealkylation sites (N-methyl/N-ethyl adjacent to an activating group) is 1. The summed E-state index contributed by atoms with van der Waals surface area (Å²) in [5.41, 5.74) is 1.12. The van der Waals surface area contributed by atoms with Gasteiger partial charge in [-0.1, -0.05) is 0 Å². The number of carbonyl (C=O) groups is 2. The van der Waals surface area contributed by atoms with Crippen molar-refractivity contribution < 1.29 is 18.7 Å². The van der Waals surface area contributed by atoms with Gasteiger partial charge in [-0.25, -0.2) is 14.4 Å². The third-order valence-electron chi connectivity index (χ3n) is 4.01. The highest BCUT2D eigenvalue weighted by atomic mass is 79.9. The minimum Gasteiger partial charge on any atom is -0.437 e. The fraction of sp³-hybridized carbons (Fsp3) is 0.143. The number of pyridine rings is 2. The second-order valence-corrected chi connectivity index (χ2v) is 7.32. The molecule has 1 aromatic carbocycles. The number of hydrogen-bond donors (Lipinski definition) is 1. The summed E-state index contributed by atoms with van der Waals surface area (Å²) in [4.78, 5) is 34.6. The highest BCUT2D eigenvalue weighted by Crippen LogP contribution is 2.31. The molecule has 0 fully saturated rings. The number of ether oxygens (including phenoxy) is 1. The molecule has 0 radical (unpaired) electrons. The van der Waals surface area contributed by atoms with E-state index in [1.165, 1.54) is 36.3 Å². The average molecular weight is 473 g/mol. The lowest BCUT2D eigenvalue weighted by Gasteiger charge is -2.18. The number of aromatic nitrogens is 2. The van der Waals surface area contributed by atoms with E-state index in [1.54, 1.807) is 24.4 Å². The Labute approximate surface area is 181 Å². The molecule has 2 amide bonds. The molecule has 0 spiro atoms. The summed E-state index contributed by atoms with van der Waals surface area (Å²) in [6.07, 6.45) is 3.06. The van der Waals surface area contributed by atoms with Crippen molar-refractivity contribution in [2.24, 2.45) is 0 Å². The van der Waals surface area contributed by atoms with Crippen LogP contribution in [0.25, 0.3) is 0 Å². The van der Waals surface area contributed by atoms with E-state index in [0.29, 0.717) is 16.0 Å². The SMILES string of the molecule is Cc1ccnc(NC(=O)CN(C)C(=O)c2cccnc2Oc2ccc(F)cc2Br)c1. The number of amides is 2. The molecule has 9 heteroatoms. The second kappa shape index (κ2) is 9.45. The first-order valence-electron chi connectivity index (χ1n) is 8.89. The molecule has 0 aliphatic rings. The zero-order valence-corrected chi connectivity index (χ0v) is 17.8. The fourth-order valence-electron chi connectivity index (χ4n) is 2.58. The molecule has 2 heterocycles. The number of nitrogens with zero attached hydrogens (tertiary/aromatic N) is 3. The lowest BCUT2D eigenvalue weighted by atomic mass is 10.2. The maximum atomic E-state index is 13.3. The molecule has 3 rings (SSSR count). The molecule has 30 heavy (non-hydrogen) atoms. The van der Waals surface area contributed by atoms with E-state index in [-0.39, 0.29) is 18.0 Å². The highest BCUT2D eigenvalue weighted by Gasteiger charge is 2.21. The summed E-state index contributed by atoms with van der Waals surface area (Å²) in [5.74, 6) is -0.523. The maximum Gasteiger partial charge on any atom is 0.259 e. The summed E-state index contributed by atoms with van der Waals surface area (Å²) in [6, 6.07) is 10.6. The molecule has 0 saturated heterocycles. The van der Waals surface area contributed by atoms with Crippen LogP contribution in [0.4, 0.5) is 10.2 Å². The van der Waals surface area contributed by atoms with Crippen LogP contribution in [0.5, 0.6) is 11.6 Å². The predicted molar refractivity (Wildman–Crippen MR) is 113 cm³/mol. The van der Waals surface area contributed by atoms with E-state index in [9.17, 15) is 14.0 Å².